The fourth-order valence-corrected chi connectivity index (χ4v) is 1.89. The Morgan fingerprint density at radius 3 is 2.84 bits per heavy atom. The molecule has 19 heavy (non-hydrogen) atoms. The monoisotopic (exact) mass is 263 g/mol. The van der Waals surface area contributed by atoms with Gasteiger partial charge in [0.2, 0.25) is 0 Å². The van der Waals surface area contributed by atoms with Crippen molar-refractivity contribution >= 4 is 11.9 Å². The first-order valence-electron chi connectivity index (χ1n) is 6.35. The van der Waals surface area contributed by atoms with E-state index in [1.54, 1.807) is 12.1 Å². The molecule has 2 rings (SSSR count). The Morgan fingerprint density at radius 2 is 2.16 bits per heavy atom. The first-order chi connectivity index (χ1) is 8.97. The van der Waals surface area contributed by atoms with Gasteiger partial charge in [-0.3, -0.25) is 15.1 Å². The van der Waals surface area contributed by atoms with Gasteiger partial charge in [-0.2, -0.15) is 0 Å². The van der Waals surface area contributed by atoms with E-state index in [9.17, 15) is 9.18 Å². The average Bonchev–Trinajstić information content (AvgIpc) is 2.71. The lowest BCUT2D eigenvalue weighted by Gasteiger charge is -2.10. The van der Waals surface area contributed by atoms with Crippen LogP contribution >= 0.6 is 0 Å². The molecule has 1 aliphatic heterocycles. The lowest BCUT2D eigenvalue weighted by molar-refractivity contribution is -0.120. The molecule has 2 N–H and O–H groups in total. The summed E-state index contributed by atoms with van der Waals surface area (Å²) in [5.74, 6) is 0.168. The van der Waals surface area contributed by atoms with Gasteiger partial charge >= 0.3 is 0 Å². The largest absolute Gasteiger partial charge is 0.340 e. The van der Waals surface area contributed by atoms with Crippen LogP contribution in [0, 0.1) is 18.7 Å². The highest BCUT2D eigenvalue weighted by Crippen LogP contribution is 2.21. The lowest BCUT2D eigenvalue weighted by Crippen LogP contribution is -2.26. The van der Waals surface area contributed by atoms with Crippen LogP contribution in [-0.4, -0.2) is 18.4 Å². The van der Waals surface area contributed by atoms with Crippen LogP contribution in [0.5, 0.6) is 0 Å². The molecule has 1 saturated heterocycles. The van der Waals surface area contributed by atoms with Crippen molar-refractivity contribution in [2.24, 2.45) is 10.9 Å². The van der Waals surface area contributed by atoms with Crippen LogP contribution in [-0.2, 0) is 4.79 Å². The molecule has 0 aliphatic carbocycles. The summed E-state index contributed by atoms with van der Waals surface area (Å²) < 4.78 is 13.8. The van der Waals surface area contributed by atoms with Crippen LogP contribution in [0.2, 0.25) is 0 Å². The molecule has 4 nitrogen and oxygen atoms in total. The van der Waals surface area contributed by atoms with Crippen molar-refractivity contribution in [2.45, 2.75) is 26.8 Å². The number of guanidine groups is 1. The van der Waals surface area contributed by atoms with Gasteiger partial charge in [0.05, 0.1) is 0 Å². The molecule has 0 radical (unpaired) electrons. The highest BCUT2D eigenvalue weighted by molar-refractivity contribution is 6.06. The zero-order chi connectivity index (χ0) is 14.0. The Bertz CT molecular complexity index is 525. The fourth-order valence-electron chi connectivity index (χ4n) is 1.89. The number of carbonyl (C=O) groups is 1. The van der Waals surface area contributed by atoms with E-state index in [-0.39, 0.29) is 11.7 Å². The molecule has 0 aromatic heterocycles. The van der Waals surface area contributed by atoms with E-state index in [1.807, 2.05) is 20.8 Å². The van der Waals surface area contributed by atoms with Gasteiger partial charge in [-0.15, -0.1) is 0 Å². The van der Waals surface area contributed by atoms with Gasteiger partial charge in [0.1, 0.15) is 11.9 Å². The maximum atomic E-state index is 13.8. The Kier molecular flexibility index (Phi) is 3.83. The minimum atomic E-state index is -0.703. The summed E-state index contributed by atoms with van der Waals surface area (Å²) in [5, 5.41) is 5.57. The van der Waals surface area contributed by atoms with E-state index in [4.69, 9.17) is 0 Å². The predicted octanol–water partition coefficient (Wildman–Crippen LogP) is 1.91. The van der Waals surface area contributed by atoms with Crippen molar-refractivity contribution in [3.8, 4) is 0 Å². The van der Waals surface area contributed by atoms with Crippen molar-refractivity contribution in [3.63, 3.8) is 0 Å². The Balaban J connectivity index is 2.20. The zero-order valence-corrected chi connectivity index (χ0v) is 11.3. The molecular weight excluding hydrogens is 245 g/mol. The summed E-state index contributed by atoms with van der Waals surface area (Å²) >= 11 is 0. The Morgan fingerprint density at radius 1 is 1.42 bits per heavy atom. The van der Waals surface area contributed by atoms with Gasteiger partial charge in [0.15, 0.2) is 5.96 Å². The summed E-state index contributed by atoms with van der Waals surface area (Å²) in [6.45, 7) is 6.56. The number of rotatable bonds is 3. The standard InChI is InChI=1S/C14H18FN3O/c1-8(2)7-16-14-17-12(13(19)18-14)10-6-9(3)4-5-11(10)15/h4-6,8,12H,7H2,1-3H3,(H2,16,17,18,19). The maximum absolute atomic E-state index is 13.8. The Labute approximate surface area is 112 Å². The SMILES string of the molecule is Cc1ccc(F)c(C2NC(=NCC(C)C)NC2=O)c1. The predicted molar refractivity (Wildman–Crippen MR) is 72.3 cm³/mol. The molecule has 1 atom stereocenters. The molecule has 0 saturated carbocycles. The van der Waals surface area contributed by atoms with E-state index in [0.717, 1.165) is 5.56 Å². The summed E-state index contributed by atoms with van der Waals surface area (Å²) in [7, 11) is 0. The van der Waals surface area contributed by atoms with Crippen LogP contribution in [0.25, 0.3) is 0 Å². The molecule has 1 aliphatic rings. The molecular formula is C14H18FN3O. The summed E-state index contributed by atoms with van der Waals surface area (Å²) in [6, 6.07) is 4.03. The number of carbonyl (C=O) groups excluding carboxylic acids is 1. The minimum absolute atomic E-state index is 0.271. The molecule has 1 aromatic carbocycles. The van der Waals surface area contributed by atoms with Crippen LogP contribution in [0.4, 0.5) is 4.39 Å². The summed E-state index contributed by atoms with van der Waals surface area (Å²) in [5.41, 5.74) is 1.27. The zero-order valence-electron chi connectivity index (χ0n) is 11.3. The maximum Gasteiger partial charge on any atom is 0.254 e. The molecule has 1 unspecified atom stereocenters. The second-order valence-corrected chi connectivity index (χ2v) is 5.17. The van der Waals surface area contributed by atoms with Crippen molar-refractivity contribution in [2.75, 3.05) is 6.54 Å². The number of hydrogen-bond donors (Lipinski definition) is 2. The molecule has 102 valence electrons. The molecule has 5 heteroatoms. The van der Waals surface area contributed by atoms with Crippen molar-refractivity contribution in [1.29, 1.82) is 0 Å². The molecule has 1 fully saturated rings. The molecule has 1 amide bonds. The Hall–Kier alpha value is -1.91. The quantitative estimate of drug-likeness (QED) is 0.875. The third-order valence-electron chi connectivity index (χ3n) is 2.86. The number of amides is 1. The first kappa shape index (κ1) is 13.5. The third-order valence-corrected chi connectivity index (χ3v) is 2.86. The lowest BCUT2D eigenvalue weighted by atomic mass is 10.0. The van der Waals surface area contributed by atoms with E-state index in [1.165, 1.54) is 6.07 Å². The number of nitrogens with one attached hydrogen (secondary N) is 2. The minimum Gasteiger partial charge on any atom is -0.340 e. The van der Waals surface area contributed by atoms with Crippen molar-refractivity contribution in [1.82, 2.24) is 10.6 Å². The van der Waals surface area contributed by atoms with E-state index >= 15 is 0 Å². The second-order valence-electron chi connectivity index (χ2n) is 5.17. The molecule has 1 aromatic rings. The second kappa shape index (κ2) is 5.38. The number of hydrogen-bond acceptors (Lipinski definition) is 2. The van der Waals surface area contributed by atoms with Crippen molar-refractivity contribution in [3.05, 3.63) is 35.1 Å². The summed E-state index contributed by atoms with van der Waals surface area (Å²) in [4.78, 5) is 16.1. The smallest absolute Gasteiger partial charge is 0.254 e. The number of aliphatic imine (C=N–C) groups is 1. The molecule has 0 spiro atoms. The van der Waals surface area contributed by atoms with Crippen LogP contribution in [0.1, 0.15) is 31.0 Å². The van der Waals surface area contributed by atoms with Gasteiger partial charge in [0, 0.05) is 12.1 Å². The molecule has 1 heterocycles. The van der Waals surface area contributed by atoms with Crippen molar-refractivity contribution < 1.29 is 9.18 Å². The highest BCUT2D eigenvalue weighted by Gasteiger charge is 2.31. The van der Waals surface area contributed by atoms with Gasteiger partial charge in [-0.05, 0) is 18.9 Å². The van der Waals surface area contributed by atoms with Gasteiger partial charge in [-0.1, -0.05) is 31.5 Å². The van der Waals surface area contributed by atoms with Crippen LogP contribution in [0.3, 0.4) is 0 Å². The number of nitrogens with zero attached hydrogens (tertiary/aromatic N) is 1. The normalized spacial score (nSPS) is 20.8. The topological polar surface area (TPSA) is 53.5 Å². The molecule has 0 bridgehead atoms. The average molecular weight is 263 g/mol. The first-order valence-corrected chi connectivity index (χ1v) is 6.35. The third kappa shape index (κ3) is 3.10. The van der Waals surface area contributed by atoms with Crippen LogP contribution < -0.4 is 10.6 Å². The number of aryl methyl sites for hydroxylation is 1. The van der Waals surface area contributed by atoms with Gasteiger partial charge < -0.3 is 5.32 Å². The highest BCUT2D eigenvalue weighted by atomic mass is 19.1. The number of benzene rings is 1. The van der Waals surface area contributed by atoms with Gasteiger partial charge in [-0.25, -0.2) is 4.39 Å². The number of halogens is 1. The van der Waals surface area contributed by atoms with Crippen LogP contribution in [0.15, 0.2) is 23.2 Å². The van der Waals surface area contributed by atoms with E-state index < -0.39 is 6.04 Å². The van der Waals surface area contributed by atoms with E-state index in [0.29, 0.717) is 24.0 Å². The fraction of sp³-hybridized carbons (Fsp3) is 0.429. The summed E-state index contributed by atoms with van der Waals surface area (Å²) in [6.07, 6.45) is 0. The van der Waals surface area contributed by atoms with E-state index in [2.05, 4.69) is 15.6 Å². The van der Waals surface area contributed by atoms with Gasteiger partial charge in [0.25, 0.3) is 5.91 Å².